The number of sulfonamides is 1. The summed E-state index contributed by atoms with van der Waals surface area (Å²) in [6, 6.07) is 5.76. The van der Waals surface area contributed by atoms with Crippen LogP contribution in [0.25, 0.3) is 11.4 Å². The number of aromatic nitrogens is 3. The Morgan fingerprint density at radius 3 is 2.65 bits per heavy atom. The first kappa shape index (κ1) is 16.9. The molecule has 0 saturated heterocycles. The molecule has 1 aromatic carbocycles. The van der Waals surface area contributed by atoms with Crippen LogP contribution in [0.15, 0.2) is 30.6 Å². The standard InChI is InChI=1S/C12H11F3N4O3S/c13-12(14,15)4-5-23(21,22)19-11(20)9-3-1-2-8(6-9)10-16-7-17-18-10/h1-3,6-7H,4-5H2,(H,19,20)(H,16,17,18). The fraction of sp³-hybridized carbons (Fsp3) is 0.250. The number of rotatable bonds is 5. The Labute approximate surface area is 129 Å². The van der Waals surface area contributed by atoms with Gasteiger partial charge < -0.3 is 0 Å². The highest BCUT2D eigenvalue weighted by atomic mass is 32.2. The number of carbonyl (C=O) groups is 1. The number of nitrogens with zero attached hydrogens (tertiary/aromatic N) is 2. The lowest BCUT2D eigenvalue weighted by atomic mass is 10.1. The summed E-state index contributed by atoms with van der Waals surface area (Å²) < 4.78 is 60.8. The highest BCUT2D eigenvalue weighted by Gasteiger charge is 2.30. The largest absolute Gasteiger partial charge is 0.390 e. The molecule has 0 unspecified atom stereocenters. The molecule has 0 bridgehead atoms. The first-order valence-corrected chi connectivity index (χ1v) is 7.89. The molecule has 2 N–H and O–H groups in total. The number of nitrogens with one attached hydrogen (secondary N) is 2. The van der Waals surface area contributed by atoms with Crippen molar-refractivity contribution in [2.24, 2.45) is 0 Å². The Bertz CT molecular complexity index is 788. The van der Waals surface area contributed by atoms with E-state index in [-0.39, 0.29) is 5.56 Å². The van der Waals surface area contributed by atoms with Crippen LogP contribution >= 0.6 is 0 Å². The smallest absolute Gasteiger partial charge is 0.268 e. The number of hydrogen-bond acceptors (Lipinski definition) is 5. The number of hydrogen-bond donors (Lipinski definition) is 2. The predicted molar refractivity (Wildman–Crippen MR) is 73.7 cm³/mol. The molecule has 0 fully saturated rings. The molecule has 0 spiro atoms. The van der Waals surface area contributed by atoms with E-state index in [0.29, 0.717) is 11.4 Å². The van der Waals surface area contributed by atoms with E-state index in [0.717, 1.165) is 0 Å². The summed E-state index contributed by atoms with van der Waals surface area (Å²) in [7, 11) is -4.38. The van der Waals surface area contributed by atoms with Gasteiger partial charge in [0.1, 0.15) is 6.33 Å². The van der Waals surface area contributed by atoms with Crippen LogP contribution in [0.5, 0.6) is 0 Å². The van der Waals surface area contributed by atoms with Crippen molar-refractivity contribution in [2.45, 2.75) is 12.6 Å². The van der Waals surface area contributed by atoms with Crippen LogP contribution in [0.2, 0.25) is 0 Å². The second-order valence-corrected chi connectivity index (χ2v) is 6.37. The minimum absolute atomic E-state index is 0.0329. The average molecular weight is 348 g/mol. The van der Waals surface area contributed by atoms with Crippen molar-refractivity contribution in [2.75, 3.05) is 5.75 Å². The van der Waals surface area contributed by atoms with Gasteiger partial charge in [-0.15, -0.1) is 0 Å². The summed E-state index contributed by atoms with van der Waals surface area (Å²) in [5.41, 5.74) is 0.442. The molecule has 2 rings (SSSR count). The molecule has 0 aliphatic carbocycles. The zero-order valence-electron chi connectivity index (χ0n) is 11.5. The van der Waals surface area contributed by atoms with Crippen molar-refractivity contribution in [3.63, 3.8) is 0 Å². The summed E-state index contributed by atoms with van der Waals surface area (Å²) in [6.45, 7) is 0. The van der Waals surface area contributed by atoms with Gasteiger partial charge in [0.15, 0.2) is 5.82 Å². The van der Waals surface area contributed by atoms with Gasteiger partial charge in [0.25, 0.3) is 5.91 Å². The van der Waals surface area contributed by atoms with Crippen LogP contribution in [0.4, 0.5) is 13.2 Å². The Morgan fingerprint density at radius 2 is 2.04 bits per heavy atom. The lowest BCUT2D eigenvalue weighted by molar-refractivity contribution is -0.130. The van der Waals surface area contributed by atoms with Gasteiger partial charge in [0.2, 0.25) is 10.0 Å². The second-order valence-electron chi connectivity index (χ2n) is 4.53. The van der Waals surface area contributed by atoms with Crippen LogP contribution in [-0.2, 0) is 10.0 Å². The molecule has 0 radical (unpaired) electrons. The van der Waals surface area contributed by atoms with Crippen molar-refractivity contribution in [3.05, 3.63) is 36.2 Å². The molecule has 124 valence electrons. The van der Waals surface area contributed by atoms with E-state index in [2.05, 4.69) is 15.2 Å². The van der Waals surface area contributed by atoms with E-state index >= 15 is 0 Å². The number of benzene rings is 1. The topological polar surface area (TPSA) is 105 Å². The molecular formula is C12H11F3N4O3S. The van der Waals surface area contributed by atoms with Crippen LogP contribution in [0.3, 0.4) is 0 Å². The van der Waals surface area contributed by atoms with Crippen molar-refractivity contribution in [1.29, 1.82) is 0 Å². The molecule has 0 aliphatic heterocycles. The first-order chi connectivity index (χ1) is 10.7. The maximum atomic E-state index is 12.1. The van der Waals surface area contributed by atoms with Crippen molar-refractivity contribution < 1.29 is 26.4 Å². The van der Waals surface area contributed by atoms with E-state index < -0.39 is 34.3 Å². The molecule has 11 heteroatoms. The van der Waals surface area contributed by atoms with E-state index in [1.165, 1.54) is 24.5 Å². The molecule has 0 saturated carbocycles. The lowest BCUT2D eigenvalue weighted by Gasteiger charge is -2.09. The normalized spacial score (nSPS) is 12.1. The summed E-state index contributed by atoms with van der Waals surface area (Å²) >= 11 is 0. The SMILES string of the molecule is O=C(NS(=O)(=O)CCC(F)(F)F)c1cccc(-c2ncn[nH]2)c1. The fourth-order valence-electron chi connectivity index (χ4n) is 1.65. The van der Waals surface area contributed by atoms with E-state index in [1.807, 2.05) is 0 Å². The molecule has 7 nitrogen and oxygen atoms in total. The molecule has 0 aliphatic rings. The predicted octanol–water partition coefficient (Wildman–Crippen LogP) is 1.48. The molecule has 1 aromatic heterocycles. The Balaban J connectivity index is 2.10. The van der Waals surface area contributed by atoms with E-state index in [1.54, 1.807) is 10.8 Å². The number of carbonyl (C=O) groups excluding carboxylic acids is 1. The highest BCUT2D eigenvalue weighted by molar-refractivity contribution is 7.90. The van der Waals surface area contributed by atoms with E-state index in [4.69, 9.17) is 0 Å². The van der Waals surface area contributed by atoms with Crippen molar-refractivity contribution in [3.8, 4) is 11.4 Å². The third-order valence-electron chi connectivity index (χ3n) is 2.72. The molecular weight excluding hydrogens is 337 g/mol. The zero-order chi connectivity index (χ0) is 17.1. The zero-order valence-corrected chi connectivity index (χ0v) is 12.3. The van der Waals surface area contributed by atoms with Gasteiger partial charge in [0.05, 0.1) is 12.2 Å². The lowest BCUT2D eigenvalue weighted by Crippen LogP contribution is -2.34. The van der Waals surface area contributed by atoms with Crippen molar-refractivity contribution >= 4 is 15.9 Å². The number of aromatic amines is 1. The highest BCUT2D eigenvalue weighted by Crippen LogP contribution is 2.20. The minimum atomic E-state index is -4.62. The number of alkyl halides is 3. The summed E-state index contributed by atoms with van der Waals surface area (Å²) in [6.07, 6.45) is -4.90. The molecule has 0 atom stereocenters. The third-order valence-corrected chi connectivity index (χ3v) is 3.95. The van der Waals surface area contributed by atoms with Gasteiger partial charge in [-0.05, 0) is 12.1 Å². The Hall–Kier alpha value is -2.43. The van der Waals surface area contributed by atoms with Gasteiger partial charge in [0, 0.05) is 11.1 Å². The fourth-order valence-corrected chi connectivity index (χ4v) is 2.66. The maximum Gasteiger partial charge on any atom is 0.390 e. The maximum absolute atomic E-state index is 12.1. The van der Waals surface area contributed by atoms with Gasteiger partial charge >= 0.3 is 6.18 Å². The van der Waals surface area contributed by atoms with Gasteiger partial charge in [-0.25, -0.2) is 18.1 Å². The molecule has 23 heavy (non-hydrogen) atoms. The first-order valence-electron chi connectivity index (χ1n) is 6.24. The minimum Gasteiger partial charge on any atom is -0.268 e. The number of H-pyrrole nitrogens is 1. The van der Waals surface area contributed by atoms with Gasteiger partial charge in [-0.3, -0.25) is 9.89 Å². The quantitative estimate of drug-likeness (QED) is 0.852. The average Bonchev–Trinajstić information content (AvgIpc) is 2.99. The monoisotopic (exact) mass is 348 g/mol. The van der Waals surface area contributed by atoms with Crippen molar-refractivity contribution in [1.82, 2.24) is 19.9 Å². The summed E-state index contributed by atoms with van der Waals surface area (Å²) in [5.74, 6) is -1.88. The van der Waals surface area contributed by atoms with Crippen LogP contribution < -0.4 is 4.72 Å². The molecule has 2 aromatic rings. The van der Waals surface area contributed by atoms with Gasteiger partial charge in [-0.1, -0.05) is 12.1 Å². The Morgan fingerprint density at radius 1 is 1.30 bits per heavy atom. The van der Waals surface area contributed by atoms with Crippen LogP contribution in [0, 0.1) is 0 Å². The number of halogens is 3. The molecule has 1 amide bonds. The Kier molecular flexibility index (Phi) is 4.68. The van der Waals surface area contributed by atoms with E-state index in [9.17, 15) is 26.4 Å². The van der Waals surface area contributed by atoms with Crippen LogP contribution in [-0.4, -0.2) is 41.4 Å². The van der Waals surface area contributed by atoms with Crippen LogP contribution in [0.1, 0.15) is 16.8 Å². The number of amides is 1. The third kappa shape index (κ3) is 5.06. The second kappa shape index (κ2) is 6.36. The summed E-state index contributed by atoms with van der Waals surface area (Å²) in [4.78, 5) is 15.8. The van der Waals surface area contributed by atoms with Gasteiger partial charge in [-0.2, -0.15) is 18.3 Å². The summed E-state index contributed by atoms with van der Waals surface area (Å²) in [5, 5.41) is 6.21. The molecule has 1 heterocycles.